The second kappa shape index (κ2) is 6.30. The summed E-state index contributed by atoms with van der Waals surface area (Å²) in [6, 6.07) is 14.3. The number of likely N-dealkylation sites (tertiary alicyclic amines) is 1. The van der Waals surface area contributed by atoms with Crippen molar-refractivity contribution < 1.29 is 4.79 Å². The van der Waals surface area contributed by atoms with Crippen molar-refractivity contribution in [2.24, 2.45) is 0 Å². The van der Waals surface area contributed by atoms with Crippen LogP contribution in [0.1, 0.15) is 70.9 Å². The Balaban J connectivity index is 1.65. The summed E-state index contributed by atoms with van der Waals surface area (Å²) in [7, 11) is 2.17. The lowest BCUT2D eigenvalue weighted by atomic mass is 9.70. The zero-order chi connectivity index (χ0) is 20.3. The van der Waals surface area contributed by atoms with Gasteiger partial charge in [-0.25, -0.2) is 0 Å². The van der Waals surface area contributed by atoms with Crippen LogP contribution < -0.4 is 0 Å². The van der Waals surface area contributed by atoms with Gasteiger partial charge in [0.05, 0.1) is 17.2 Å². The number of carbonyl (C=O) groups excluding carboxylic acids is 1. The molecule has 1 fully saturated rings. The van der Waals surface area contributed by atoms with Crippen molar-refractivity contribution in [3.63, 3.8) is 0 Å². The smallest absolute Gasteiger partial charge is 0.195 e. The van der Waals surface area contributed by atoms with Crippen molar-refractivity contribution in [1.82, 2.24) is 9.88 Å². The molecule has 146 valence electrons. The molecule has 0 unspecified atom stereocenters. The highest BCUT2D eigenvalue weighted by molar-refractivity contribution is 6.20. The third-order valence-electron chi connectivity index (χ3n) is 6.93. The Morgan fingerprint density at radius 1 is 1.14 bits per heavy atom. The molecule has 29 heavy (non-hydrogen) atoms. The first-order valence-corrected chi connectivity index (χ1v) is 10.3. The molecule has 0 saturated carbocycles. The van der Waals surface area contributed by atoms with Gasteiger partial charge in [0, 0.05) is 27.6 Å². The molecule has 4 nitrogen and oxygen atoms in total. The lowest BCUT2D eigenvalue weighted by molar-refractivity contribution is 0.103. The molecule has 4 heteroatoms. The minimum Gasteiger partial charge on any atom is -0.357 e. The lowest BCUT2D eigenvalue weighted by Gasteiger charge is -2.34. The molecule has 0 amide bonds. The Morgan fingerprint density at radius 3 is 2.62 bits per heavy atom. The fourth-order valence-corrected chi connectivity index (χ4v) is 5.13. The van der Waals surface area contributed by atoms with E-state index in [0.29, 0.717) is 11.5 Å². The van der Waals surface area contributed by atoms with E-state index in [1.165, 1.54) is 5.56 Å². The quantitative estimate of drug-likeness (QED) is 0.661. The van der Waals surface area contributed by atoms with Crippen LogP contribution >= 0.6 is 0 Å². The molecule has 5 rings (SSSR count). The number of rotatable bonds is 1. The second-order valence-corrected chi connectivity index (χ2v) is 9.08. The van der Waals surface area contributed by atoms with Gasteiger partial charge in [-0.05, 0) is 68.2 Å². The Morgan fingerprint density at radius 2 is 1.90 bits per heavy atom. The van der Waals surface area contributed by atoms with Crippen LogP contribution in [0.5, 0.6) is 0 Å². The number of hydrogen-bond donors (Lipinski definition) is 1. The monoisotopic (exact) mass is 383 g/mol. The summed E-state index contributed by atoms with van der Waals surface area (Å²) in [5.74, 6) is 0.620. The first-order valence-electron chi connectivity index (χ1n) is 10.3. The van der Waals surface area contributed by atoms with Crippen molar-refractivity contribution in [3.05, 3.63) is 69.9 Å². The van der Waals surface area contributed by atoms with E-state index in [1.54, 1.807) is 6.07 Å². The van der Waals surface area contributed by atoms with Crippen LogP contribution in [0.15, 0.2) is 36.4 Å². The van der Waals surface area contributed by atoms with Crippen LogP contribution in [0, 0.1) is 11.3 Å². The molecule has 1 aromatic heterocycles. The number of H-pyrrole nitrogens is 1. The molecular weight excluding hydrogens is 358 g/mol. The molecule has 3 aromatic rings. The maximum absolute atomic E-state index is 13.6. The van der Waals surface area contributed by atoms with Crippen LogP contribution in [-0.4, -0.2) is 35.8 Å². The summed E-state index contributed by atoms with van der Waals surface area (Å²) in [6.45, 7) is 6.56. The van der Waals surface area contributed by atoms with Gasteiger partial charge in [-0.1, -0.05) is 32.0 Å². The molecule has 2 aromatic carbocycles. The summed E-state index contributed by atoms with van der Waals surface area (Å²) >= 11 is 0. The molecule has 0 spiro atoms. The third-order valence-corrected chi connectivity index (χ3v) is 6.93. The summed E-state index contributed by atoms with van der Waals surface area (Å²) in [5, 5.41) is 10.1. The maximum atomic E-state index is 13.6. The van der Waals surface area contributed by atoms with E-state index in [9.17, 15) is 10.1 Å². The zero-order valence-corrected chi connectivity index (χ0v) is 17.2. The number of nitriles is 1. The van der Waals surface area contributed by atoms with E-state index in [0.717, 1.165) is 59.2 Å². The van der Waals surface area contributed by atoms with Gasteiger partial charge in [-0.3, -0.25) is 4.79 Å². The molecule has 1 saturated heterocycles. The van der Waals surface area contributed by atoms with Gasteiger partial charge in [0.1, 0.15) is 0 Å². The Labute approximate surface area is 171 Å². The number of carbonyl (C=O) groups is 1. The van der Waals surface area contributed by atoms with Gasteiger partial charge in [0.15, 0.2) is 5.78 Å². The summed E-state index contributed by atoms with van der Waals surface area (Å²) < 4.78 is 0. The van der Waals surface area contributed by atoms with Crippen LogP contribution in [0.2, 0.25) is 0 Å². The van der Waals surface area contributed by atoms with Crippen LogP contribution in [0.4, 0.5) is 0 Å². The number of aromatic nitrogens is 1. The number of nitrogens with one attached hydrogen (secondary N) is 1. The molecular formula is C25H25N3O. The van der Waals surface area contributed by atoms with E-state index in [2.05, 4.69) is 55.0 Å². The SMILES string of the molecule is CN1CCC(c2ccc3c(c2)C(=O)c2c([nH]c4cc(C#N)ccc24)C3(C)C)CC1. The maximum Gasteiger partial charge on any atom is 0.195 e. The number of fused-ring (bicyclic) bond motifs is 4. The molecule has 2 heterocycles. The topological polar surface area (TPSA) is 59.9 Å². The summed E-state index contributed by atoms with van der Waals surface area (Å²) in [4.78, 5) is 19.4. The predicted octanol–water partition coefficient (Wildman–Crippen LogP) is 4.72. The van der Waals surface area contributed by atoms with Crippen molar-refractivity contribution in [2.75, 3.05) is 20.1 Å². The highest BCUT2D eigenvalue weighted by atomic mass is 16.1. The summed E-state index contributed by atoms with van der Waals surface area (Å²) in [5.41, 5.74) is 6.09. The van der Waals surface area contributed by atoms with E-state index in [4.69, 9.17) is 0 Å². The van der Waals surface area contributed by atoms with Gasteiger partial charge in [-0.15, -0.1) is 0 Å². The highest BCUT2D eigenvalue weighted by Crippen LogP contribution is 2.44. The average Bonchev–Trinajstić information content (AvgIpc) is 3.12. The van der Waals surface area contributed by atoms with E-state index < -0.39 is 0 Å². The number of piperidine rings is 1. The molecule has 0 atom stereocenters. The standard InChI is InChI=1S/C25H25N3O/c1-25(2)20-7-5-17(16-8-10-28(3)11-9-16)13-19(20)23(29)22-18-6-4-15(14-26)12-21(18)27-24(22)25/h4-7,12-13,16,27H,8-11H2,1-3H3. The van der Waals surface area contributed by atoms with Crippen molar-refractivity contribution >= 4 is 16.7 Å². The molecule has 1 aliphatic carbocycles. The van der Waals surface area contributed by atoms with Gasteiger partial charge in [0.25, 0.3) is 0 Å². The van der Waals surface area contributed by atoms with Crippen molar-refractivity contribution in [3.8, 4) is 6.07 Å². The highest BCUT2D eigenvalue weighted by Gasteiger charge is 2.40. The van der Waals surface area contributed by atoms with Crippen LogP contribution in [0.25, 0.3) is 10.9 Å². The fourth-order valence-electron chi connectivity index (χ4n) is 5.13. The van der Waals surface area contributed by atoms with E-state index >= 15 is 0 Å². The number of ketones is 1. The van der Waals surface area contributed by atoms with Crippen LogP contribution in [0.3, 0.4) is 0 Å². The number of hydrogen-bond acceptors (Lipinski definition) is 3. The first-order chi connectivity index (χ1) is 13.9. The molecule has 0 radical (unpaired) electrons. The first kappa shape index (κ1) is 18.1. The third kappa shape index (κ3) is 2.65. The predicted molar refractivity (Wildman–Crippen MR) is 114 cm³/mol. The lowest BCUT2D eigenvalue weighted by Crippen LogP contribution is -2.31. The van der Waals surface area contributed by atoms with Gasteiger partial charge >= 0.3 is 0 Å². The van der Waals surface area contributed by atoms with Crippen molar-refractivity contribution in [2.45, 2.75) is 38.0 Å². The Kier molecular flexibility index (Phi) is 3.94. The van der Waals surface area contributed by atoms with Crippen molar-refractivity contribution in [1.29, 1.82) is 5.26 Å². The molecule has 2 aliphatic rings. The minimum atomic E-state index is -0.296. The number of aromatic amines is 1. The molecule has 1 aliphatic heterocycles. The van der Waals surface area contributed by atoms with Crippen LogP contribution in [-0.2, 0) is 5.41 Å². The van der Waals surface area contributed by atoms with Gasteiger partial charge in [-0.2, -0.15) is 5.26 Å². The molecule has 1 N–H and O–H groups in total. The molecule has 0 bridgehead atoms. The average molecular weight is 383 g/mol. The second-order valence-electron chi connectivity index (χ2n) is 9.08. The van der Waals surface area contributed by atoms with Gasteiger partial charge < -0.3 is 9.88 Å². The largest absolute Gasteiger partial charge is 0.357 e. The van der Waals surface area contributed by atoms with E-state index in [-0.39, 0.29) is 11.2 Å². The van der Waals surface area contributed by atoms with E-state index in [1.807, 2.05) is 12.1 Å². The number of benzene rings is 2. The Hall–Kier alpha value is -2.90. The normalized spacial score (nSPS) is 19.0. The fraction of sp³-hybridized carbons (Fsp3) is 0.360. The zero-order valence-electron chi connectivity index (χ0n) is 17.2. The minimum absolute atomic E-state index is 0.0973. The number of nitrogens with zero attached hydrogens (tertiary/aromatic N) is 2. The summed E-state index contributed by atoms with van der Waals surface area (Å²) in [6.07, 6.45) is 2.28. The van der Waals surface area contributed by atoms with Gasteiger partial charge in [0.2, 0.25) is 0 Å². The Bertz CT molecular complexity index is 1190.